The summed E-state index contributed by atoms with van der Waals surface area (Å²) in [4.78, 5) is 48.4. The number of para-hydroxylation sites is 1. The second kappa shape index (κ2) is 6.43. The molecule has 23 heavy (non-hydrogen) atoms. The first-order valence-electron chi connectivity index (χ1n) is 7.13. The van der Waals surface area contributed by atoms with Gasteiger partial charge in [-0.2, -0.15) is 0 Å². The predicted octanol–water partition coefficient (Wildman–Crippen LogP) is 1.78. The van der Waals surface area contributed by atoms with Gasteiger partial charge in [0.25, 0.3) is 5.91 Å². The summed E-state index contributed by atoms with van der Waals surface area (Å²) in [7, 11) is 0. The molecule has 1 N–H and O–H groups in total. The molecule has 7 nitrogen and oxygen atoms in total. The zero-order chi connectivity index (χ0) is 17.1. The van der Waals surface area contributed by atoms with Crippen molar-refractivity contribution in [1.29, 1.82) is 0 Å². The fraction of sp³-hybridized carbons (Fsp3) is 0.250. The van der Waals surface area contributed by atoms with E-state index in [9.17, 15) is 19.2 Å². The highest BCUT2D eigenvalue weighted by molar-refractivity contribution is 6.06. The molecule has 1 heterocycles. The Labute approximate surface area is 132 Å². The molecule has 1 amide bonds. The van der Waals surface area contributed by atoms with Gasteiger partial charge in [0.2, 0.25) is 11.8 Å². The van der Waals surface area contributed by atoms with Gasteiger partial charge >= 0.3 is 5.69 Å². The molecule has 7 heteroatoms. The average molecular weight is 315 g/mol. The van der Waals surface area contributed by atoms with E-state index in [0.29, 0.717) is 5.69 Å². The predicted molar refractivity (Wildman–Crippen MR) is 85.1 cm³/mol. The van der Waals surface area contributed by atoms with Gasteiger partial charge in [-0.3, -0.25) is 14.4 Å². The van der Waals surface area contributed by atoms with Gasteiger partial charge in [-0.25, -0.2) is 13.9 Å². The Bertz CT molecular complexity index is 831. The summed E-state index contributed by atoms with van der Waals surface area (Å²) in [6, 6.07) is 8.65. The maximum Gasteiger partial charge on any atom is 0.342 e. The van der Waals surface area contributed by atoms with Crippen LogP contribution in [0.5, 0.6) is 0 Å². The van der Waals surface area contributed by atoms with Gasteiger partial charge in [0.05, 0.1) is 5.69 Å². The van der Waals surface area contributed by atoms with Crippen molar-refractivity contribution < 1.29 is 14.4 Å². The summed E-state index contributed by atoms with van der Waals surface area (Å²) in [5, 5.41) is 2.63. The number of amides is 1. The van der Waals surface area contributed by atoms with Crippen LogP contribution in [0.15, 0.2) is 35.1 Å². The van der Waals surface area contributed by atoms with E-state index in [-0.39, 0.29) is 17.8 Å². The second-order valence-electron chi connectivity index (χ2n) is 4.96. The molecule has 0 saturated carbocycles. The standard InChI is InChI=1S/C16H17N3O4/c1-4-13-14(15(22)17-12-8-6-5-7-9-12)19(11(3)21)16(23)18(13)10(2)20/h5-9H,4H2,1-3H3,(H,17,22). The van der Waals surface area contributed by atoms with Gasteiger partial charge in [-0.05, 0) is 18.6 Å². The van der Waals surface area contributed by atoms with Crippen LogP contribution in [0.2, 0.25) is 0 Å². The number of aromatic nitrogens is 2. The number of benzene rings is 1. The first-order chi connectivity index (χ1) is 10.9. The van der Waals surface area contributed by atoms with E-state index in [0.717, 1.165) is 9.13 Å². The SMILES string of the molecule is CCc1c(C(=O)Nc2ccccc2)n(C(C)=O)c(=O)n1C(C)=O. The van der Waals surface area contributed by atoms with Crippen LogP contribution in [0, 0.1) is 0 Å². The van der Waals surface area contributed by atoms with Gasteiger partial charge in [0.15, 0.2) is 0 Å². The van der Waals surface area contributed by atoms with Crippen LogP contribution in [0.1, 0.15) is 46.5 Å². The van der Waals surface area contributed by atoms with E-state index in [1.807, 2.05) is 0 Å². The van der Waals surface area contributed by atoms with Crippen molar-refractivity contribution in [2.24, 2.45) is 0 Å². The largest absolute Gasteiger partial charge is 0.342 e. The lowest BCUT2D eigenvalue weighted by atomic mass is 10.2. The van der Waals surface area contributed by atoms with Crippen LogP contribution in [0.25, 0.3) is 0 Å². The van der Waals surface area contributed by atoms with E-state index in [2.05, 4.69) is 5.32 Å². The zero-order valence-corrected chi connectivity index (χ0v) is 13.1. The van der Waals surface area contributed by atoms with Crippen LogP contribution in [0.3, 0.4) is 0 Å². The fourth-order valence-electron chi connectivity index (χ4n) is 2.43. The Morgan fingerprint density at radius 1 is 1.00 bits per heavy atom. The summed E-state index contributed by atoms with van der Waals surface area (Å²) >= 11 is 0. The minimum absolute atomic E-state index is 0.107. The van der Waals surface area contributed by atoms with Crippen molar-refractivity contribution in [3.05, 3.63) is 52.2 Å². The lowest BCUT2D eigenvalue weighted by Gasteiger charge is -2.08. The summed E-state index contributed by atoms with van der Waals surface area (Å²) in [5.41, 5.74) is -0.187. The van der Waals surface area contributed by atoms with Crippen LogP contribution < -0.4 is 11.0 Å². The minimum Gasteiger partial charge on any atom is -0.321 e. The number of hydrogen-bond donors (Lipinski definition) is 1. The third-order valence-corrected chi connectivity index (χ3v) is 3.36. The topological polar surface area (TPSA) is 90.2 Å². The van der Waals surface area contributed by atoms with E-state index in [4.69, 9.17) is 0 Å². The molecule has 1 aromatic carbocycles. The third kappa shape index (κ3) is 2.98. The van der Waals surface area contributed by atoms with Crippen LogP contribution in [-0.4, -0.2) is 26.9 Å². The fourth-order valence-corrected chi connectivity index (χ4v) is 2.43. The normalized spacial score (nSPS) is 10.4. The number of carbonyl (C=O) groups excluding carboxylic acids is 3. The van der Waals surface area contributed by atoms with Gasteiger partial charge in [-0.15, -0.1) is 0 Å². The summed E-state index contributed by atoms with van der Waals surface area (Å²) < 4.78 is 1.60. The number of nitrogens with one attached hydrogen (secondary N) is 1. The summed E-state index contributed by atoms with van der Waals surface area (Å²) in [5.74, 6) is -1.77. The highest BCUT2D eigenvalue weighted by Gasteiger charge is 2.27. The number of hydrogen-bond acceptors (Lipinski definition) is 4. The number of nitrogens with zero attached hydrogens (tertiary/aromatic N) is 2. The number of carbonyl (C=O) groups is 3. The molecule has 0 saturated heterocycles. The third-order valence-electron chi connectivity index (χ3n) is 3.36. The molecule has 0 aliphatic carbocycles. The Kier molecular flexibility index (Phi) is 4.59. The summed E-state index contributed by atoms with van der Waals surface area (Å²) in [6.45, 7) is 4.09. The van der Waals surface area contributed by atoms with Gasteiger partial charge in [-0.1, -0.05) is 25.1 Å². The molecule has 0 spiro atoms. The molecule has 0 aliphatic heterocycles. The van der Waals surface area contributed by atoms with Crippen molar-refractivity contribution in [3.8, 4) is 0 Å². The Morgan fingerprint density at radius 3 is 2.04 bits per heavy atom. The molecule has 1 aromatic heterocycles. The van der Waals surface area contributed by atoms with Crippen LogP contribution in [-0.2, 0) is 6.42 Å². The Balaban J connectivity index is 2.62. The lowest BCUT2D eigenvalue weighted by Crippen LogP contribution is -2.32. The molecule has 0 fully saturated rings. The first-order valence-corrected chi connectivity index (χ1v) is 7.13. The van der Waals surface area contributed by atoms with Crippen molar-refractivity contribution in [2.45, 2.75) is 27.2 Å². The molecule has 0 bridgehead atoms. The Hall–Kier alpha value is -2.96. The Morgan fingerprint density at radius 2 is 1.57 bits per heavy atom. The number of imidazole rings is 1. The van der Waals surface area contributed by atoms with Crippen molar-refractivity contribution in [1.82, 2.24) is 9.13 Å². The van der Waals surface area contributed by atoms with E-state index < -0.39 is 23.4 Å². The highest BCUT2D eigenvalue weighted by atomic mass is 16.2. The molecule has 0 unspecified atom stereocenters. The quantitative estimate of drug-likeness (QED) is 0.935. The average Bonchev–Trinajstić information content (AvgIpc) is 2.81. The molecule has 2 rings (SSSR count). The van der Waals surface area contributed by atoms with Crippen molar-refractivity contribution in [2.75, 3.05) is 5.32 Å². The molecular formula is C16H17N3O4. The monoisotopic (exact) mass is 315 g/mol. The van der Waals surface area contributed by atoms with Gasteiger partial charge in [0, 0.05) is 19.5 Å². The smallest absolute Gasteiger partial charge is 0.321 e. The summed E-state index contributed by atoms with van der Waals surface area (Å²) in [6.07, 6.45) is 0.257. The molecule has 2 aromatic rings. The maximum atomic E-state index is 12.6. The second-order valence-corrected chi connectivity index (χ2v) is 4.96. The first kappa shape index (κ1) is 16.4. The van der Waals surface area contributed by atoms with Crippen molar-refractivity contribution in [3.63, 3.8) is 0 Å². The highest BCUT2D eigenvalue weighted by Crippen LogP contribution is 2.13. The minimum atomic E-state index is -0.819. The molecule has 0 aliphatic rings. The molecular weight excluding hydrogens is 298 g/mol. The molecule has 120 valence electrons. The van der Waals surface area contributed by atoms with Crippen LogP contribution >= 0.6 is 0 Å². The lowest BCUT2D eigenvalue weighted by molar-refractivity contribution is 0.0903. The molecule has 0 radical (unpaired) electrons. The van der Waals surface area contributed by atoms with Gasteiger partial charge < -0.3 is 5.32 Å². The maximum absolute atomic E-state index is 12.6. The molecule has 0 atom stereocenters. The van der Waals surface area contributed by atoms with Gasteiger partial charge in [0.1, 0.15) is 5.69 Å². The van der Waals surface area contributed by atoms with E-state index >= 15 is 0 Å². The van der Waals surface area contributed by atoms with Crippen molar-refractivity contribution >= 4 is 23.4 Å². The number of anilines is 1. The zero-order valence-electron chi connectivity index (χ0n) is 13.1. The number of rotatable bonds is 3. The van der Waals surface area contributed by atoms with E-state index in [1.165, 1.54) is 13.8 Å². The van der Waals surface area contributed by atoms with E-state index in [1.54, 1.807) is 37.3 Å². The van der Waals surface area contributed by atoms with Crippen LogP contribution in [0.4, 0.5) is 5.69 Å².